The Kier molecular flexibility index (Phi) is 4.08. The quantitative estimate of drug-likeness (QED) is 0.557. The van der Waals surface area contributed by atoms with Crippen LogP contribution in [0.1, 0.15) is 11.1 Å². The standard InChI is InChI=1S/C18H17NSi/c1-20(2,3)13-12-15-4-8-17(9-5-15)18-10-6-16(14-19)7-11-18/h4-11H,1-3H3. The molecular weight excluding hydrogens is 258 g/mol. The van der Waals surface area contributed by atoms with Gasteiger partial charge in [0.2, 0.25) is 0 Å². The number of rotatable bonds is 1. The Hall–Kier alpha value is -2.29. The van der Waals surface area contributed by atoms with Gasteiger partial charge in [-0.05, 0) is 35.4 Å². The first-order chi connectivity index (χ1) is 9.48. The first-order valence-electron chi connectivity index (χ1n) is 6.62. The number of nitriles is 1. The third-order valence-electron chi connectivity index (χ3n) is 2.81. The van der Waals surface area contributed by atoms with E-state index in [2.05, 4.69) is 61.4 Å². The van der Waals surface area contributed by atoms with Crippen LogP contribution in [0.25, 0.3) is 11.1 Å². The summed E-state index contributed by atoms with van der Waals surface area (Å²) in [6.07, 6.45) is 0. The predicted molar refractivity (Wildman–Crippen MR) is 86.8 cm³/mol. The average Bonchev–Trinajstić information content (AvgIpc) is 2.45. The molecule has 98 valence electrons. The number of hydrogen-bond acceptors (Lipinski definition) is 1. The van der Waals surface area contributed by atoms with E-state index in [-0.39, 0.29) is 0 Å². The first kappa shape index (κ1) is 14.1. The molecule has 0 saturated heterocycles. The Morgan fingerprint density at radius 3 is 1.60 bits per heavy atom. The van der Waals surface area contributed by atoms with Gasteiger partial charge in [-0.2, -0.15) is 5.26 Å². The Bertz CT molecular complexity index is 687. The molecule has 0 unspecified atom stereocenters. The molecule has 2 aromatic carbocycles. The molecule has 2 aromatic rings. The van der Waals surface area contributed by atoms with Crippen LogP contribution in [0.5, 0.6) is 0 Å². The SMILES string of the molecule is C[Si](C)(C)C#Cc1ccc(-c2ccc(C#N)cc2)cc1. The summed E-state index contributed by atoms with van der Waals surface area (Å²) in [6, 6.07) is 18.0. The van der Waals surface area contributed by atoms with Crippen LogP contribution < -0.4 is 0 Å². The van der Waals surface area contributed by atoms with E-state index in [1.54, 1.807) is 0 Å². The maximum atomic E-state index is 8.80. The van der Waals surface area contributed by atoms with Crippen LogP contribution in [-0.2, 0) is 0 Å². The van der Waals surface area contributed by atoms with Crippen molar-refractivity contribution in [1.29, 1.82) is 5.26 Å². The average molecular weight is 275 g/mol. The second-order valence-electron chi connectivity index (χ2n) is 5.77. The van der Waals surface area contributed by atoms with Crippen molar-refractivity contribution in [3.63, 3.8) is 0 Å². The molecule has 0 aliphatic rings. The van der Waals surface area contributed by atoms with Gasteiger partial charge in [-0.25, -0.2) is 0 Å². The van der Waals surface area contributed by atoms with Crippen LogP contribution in [0, 0.1) is 22.8 Å². The molecule has 0 radical (unpaired) electrons. The molecule has 0 bridgehead atoms. The summed E-state index contributed by atoms with van der Waals surface area (Å²) in [4.78, 5) is 0. The largest absolute Gasteiger partial charge is 0.192 e. The number of hydrogen-bond donors (Lipinski definition) is 0. The van der Waals surface area contributed by atoms with Crippen LogP contribution in [0.2, 0.25) is 19.6 Å². The molecule has 0 amide bonds. The fraction of sp³-hybridized carbons (Fsp3) is 0.167. The summed E-state index contributed by atoms with van der Waals surface area (Å²) in [5.74, 6) is 3.25. The van der Waals surface area contributed by atoms with Crippen molar-refractivity contribution >= 4 is 8.07 Å². The first-order valence-corrected chi connectivity index (χ1v) is 10.1. The Morgan fingerprint density at radius 1 is 0.750 bits per heavy atom. The minimum absolute atomic E-state index is 0.686. The van der Waals surface area contributed by atoms with E-state index in [4.69, 9.17) is 5.26 Å². The molecule has 0 N–H and O–H groups in total. The normalized spacial score (nSPS) is 10.3. The zero-order valence-electron chi connectivity index (χ0n) is 12.1. The van der Waals surface area contributed by atoms with Crippen molar-refractivity contribution in [2.75, 3.05) is 0 Å². The van der Waals surface area contributed by atoms with Crippen molar-refractivity contribution in [2.24, 2.45) is 0 Å². The zero-order valence-corrected chi connectivity index (χ0v) is 13.1. The Labute approximate surface area is 121 Å². The summed E-state index contributed by atoms with van der Waals surface area (Å²) in [7, 11) is -1.32. The van der Waals surface area contributed by atoms with Crippen LogP contribution in [0.4, 0.5) is 0 Å². The Balaban J connectivity index is 2.23. The van der Waals surface area contributed by atoms with Gasteiger partial charge in [0.25, 0.3) is 0 Å². The Morgan fingerprint density at radius 2 is 1.20 bits per heavy atom. The van der Waals surface area contributed by atoms with Gasteiger partial charge >= 0.3 is 0 Å². The van der Waals surface area contributed by atoms with Crippen molar-refractivity contribution in [2.45, 2.75) is 19.6 Å². The molecule has 0 spiro atoms. The van der Waals surface area contributed by atoms with E-state index in [0.717, 1.165) is 16.7 Å². The van der Waals surface area contributed by atoms with Gasteiger partial charge in [-0.15, -0.1) is 5.54 Å². The van der Waals surface area contributed by atoms with Crippen LogP contribution >= 0.6 is 0 Å². The van der Waals surface area contributed by atoms with E-state index in [1.807, 2.05) is 24.3 Å². The number of nitrogens with zero attached hydrogens (tertiary/aromatic N) is 1. The van der Waals surface area contributed by atoms with Crippen molar-refractivity contribution in [1.82, 2.24) is 0 Å². The number of benzene rings is 2. The van der Waals surface area contributed by atoms with Gasteiger partial charge < -0.3 is 0 Å². The highest BCUT2D eigenvalue weighted by Crippen LogP contribution is 2.20. The van der Waals surface area contributed by atoms with E-state index >= 15 is 0 Å². The molecule has 0 atom stereocenters. The zero-order chi connectivity index (χ0) is 14.6. The molecule has 0 aliphatic heterocycles. The lowest BCUT2D eigenvalue weighted by molar-refractivity contribution is 1.48. The van der Waals surface area contributed by atoms with Gasteiger partial charge in [-0.1, -0.05) is 49.8 Å². The van der Waals surface area contributed by atoms with E-state index < -0.39 is 8.07 Å². The molecule has 0 heterocycles. The van der Waals surface area contributed by atoms with Gasteiger partial charge in [0.15, 0.2) is 0 Å². The maximum Gasteiger partial charge on any atom is 0.129 e. The van der Waals surface area contributed by atoms with Crippen LogP contribution in [0.15, 0.2) is 48.5 Å². The van der Waals surface area contributed by atoms with Crippen molar-refractivity contribution in [3.8, 4) is 28.7 Å². The minimum Gasteiger partial charge on any atom is -0.192 e. The molecule has 1 nitrogen and oxygen atoms in total. The maximum absolute atomic E-state index is 8.80. The lowest BCUT2D eigenvalue weighted by atomic mass is 10.0. The summed E-state index contributed by atoms with van der Waals surface area (Å²) in [5.41, 5.74) is 7.38. The highest BCUT2D eigenvalue weighted by atomic mass is 28.3. The van der Waals surface area contributed by atoms with Gasteiger partial charge in [0.05, 0.1) is 11.6 Å². The molecule has 2 rings (SSSR count). The molecule has 0 aromatic heterocycles. The lowest BCUT2D eigenvalue weighted by Gasteiger charge is -2.04. The summed E-state index contributed by atoms with van der Waals surface area (Å²) < 4.78 is 0. The highest BCUT2D eigenvalue weighted by Gasteiger charge is 2.07. The van der Waals surface area contributed by atoms with E-state index in [1.165, 1.54) is 0 Å². The minimum atomic E-state index is -1.32. The molecule has 0 fully saturated rings. The fourth-order valence-corrected chi connectivity index (χ4v) is 2.26. The monoisotopic (exact) mass is 275 g/mol. The van der Waals surface area contributed by atoms with Gasteiger partial charge in [-0.3, -0.25) is 0 Å². The van der Waals surface area contributed by atoms with Crippen molar-refractivity contribution in [3.05, 3.63) is 59.7 Å². The lowest BCUT2D eigenvalue weighted by Crippen LogP contribution is -2.16. The van der Waals surface area contributed by atoms with E-state index in [0.29, 0.717) is 5.56 Å². The third kappa shape index (κ3) is 3.85. The topological polar surface area (TPSA) is 23.8 Å². The second kappa shape index (κ2) is 5.78. The molecule has 0 saturated carbocycles. The molecule has 2 heteroatoms. The summed E-state index contributed by atoms with van der Waals surface area (Å²) in [5, 5.41) is 8.80. The van der Waals surface area contributed by atoms with Crippen LogP contribution in [-0.4, -0.2) is 8.07 Å². The third-order valence-corrected chi connectivity index (χ3v) is 3.69. The fourth-order valence-electron chi connectivity index (χ4n) is 1.74. The van der Waals surface area contributed by atoms with E-state index in [9.17, 15) is 0 Å². The molecule has 20 heavy (non-hydrogen) atoms. The summed E-state index contributed by atoms with van der Waals surface area (Å²) >= 11 is 0. The van der Waals surface area contributed by atoms with Crippen LogP contribution in [0.3, 0.4) is 0 Å². The molecular formula is C18H17NSi. The molecule has 0 aliphatic carbocycles. The van der Waals surface area contributed by atoms with Crippen molar-refractivity contribution < 1.29 is 0 Å². The predicted octanol–water partition coefficient (Wildman–Crippen LogP) is 4.45. The van der Waals surface area contributed by atoms with Gasteiger partial charge in [0, 0.05) is 5.56 Å². The van der Waals surface area contributed by atoms with Gasteiger partial charge in [0.1, 0.15) is 8.07 Å². The highest BCUT2D eigenvalue weighted by molar-refractivity contribution is 6.83. The smallest absolute Gasteiger partial charge is 0.129 e. The summed E-state index contributed by atoms with van der Waals surface area (Å²) in [6.45, 7) is 6.72. The second-order valence-corrected chi connectivity index (χ2v) is 10.5.